The summed E-state index contributed by atoms with van der Waals surface area (Å²) < 4.78 is 17.8. The molecule has 0 radical (unpaired) electrons. The van der Waals surface area contributed by atoms with Crippen LogP contribution in [0.4, 0.5) is 4.39 Å². The molecule has 5 heteroatoms. The zero-order valence-corrected chi connectivity index (χ0v) is 10.1. The van der Waals surface area contributed by atoms with Gasteiger partial charge in [-0.25, -0.2) is 4.39 Å². The highest BCUT2D eigenvalue weighted by Gasteiger charge is 2.10. The van der Waals surface area contributed by atoms with Crippen LogP contribution in [-0.4, -0.2) is 35.5 Å². The van der Waals surface area contributed by atoms with Gasteiger partial charge in [-0.2, -0.15) is 0 Å². The number of likely N-dealkylation sites (N-methyl/N-ethyl adjacent to an activating group) is 1. The van der Waals surface area contributed by atoms with Crippen LogP contribution in [0.3, 0.4) is 0 Å². The molecule has 0 N–H and O–H groups in total. The van der Waals surface area contributed by atoms with E-state index in [0.717, 1.165) is 11.8 Å². The third-order valence-corrected chi connectivity index (χ3v) is 2.27. The average molecular weight is 240 g/mol. The molecule has 94 valence electrons. The molecule has 0 bridgehead atoms. The van der Waals surface area contributed by atoms with Crippen molar-refractivity contribution in [3.8, 4) is 0 Å². The second-order valence-electron chi connectivity index (χ2n) is 3.62. The first-order chi connectivity index (χ1) is 8.15. The zero-order valence-electron chi connectivity index (χ0n) is 10.1. The van der Waals surface area contributed by atoms with E-state index in [0.29, 0.717) is 19.7 Å². The molecule has 0 fully saturated rings. The van der Waals surface area contributed by atoms with Gasteiger partial charge in [-0.15, -0.1) is 0 Å². The number of esters is 1. The van der Waals surface area contributed by atoms with Crippen LogP contribution in [0.5, 0.6) is 0 Å². The molecule has 4 nitrogen and oxygen atoms in total. The van der Waals surface area contributed by atoms with Crippen LogP contribution in [0.25, 0.3) is 0 Å². The molecule has 0 saturated heterocycles. The van der Waals surface area contributed by atoms with Gasteiger partial charge in [0.05, 0.1) is 19.3 Å². The van der Waals surface area contributed by atoms with Gasteiger partial charge < -0.3 is 4.74 Å². The van der Waals surface area contributed by atoms with Crippen molar-refractivity contribution >= 4 is 5.97 Å². The van der Waals surface area contributed by atoms with Crippen molar-refractivity contribution in [3.63, 3.8) is 0 Å². The van der Waals surface area contributed by atoms with E-state index in [9.17, 15) is 9.18 Å². The molecule has 0 saturated carbocycles. The van der Waals surface area contributed by atoms with E-state index >= 15 is 0 Å². The van der Waals surface area contributed by atoms with Gasteiger partial charge in [-0.3, -0.25) is 14.7 Å². The lowest BCUT2D eigenvalue weighted by Gasteiger charge is -2.18. The summed E-state index contributed by atoms with van der Waals surface area (Å²) in [5.74, 6) is -0.631. The summed E-state index contributed by atoms with van der Waals surface area (Å²) >= 11 is 0. The fraction of sp³-hybridized carbons (Fsp3) is 0.500. The average Bonchev–Trinajstić information content (AvgIpc) is 2.28. The molecule has 0 aliphatic rings. The highest BCUT2D eigenvalue weighted by molar-refractivity contribution is 5.71. The van der Waals surface area contributed by atoms with Crippen molar-refractivity contribution in [2.45, 2.75) is 20.4 Å². The quantitative estimate of drug-likeness (QED) is 0.708. The Morgan fingerprint density at radius 1 is 1.47 bits per heavy atom. The molecule has 0 spiro atoms. The summed E-state index contributed by atoms with van der Waals surface area (Å²) in [6, 6.07) is 1.42. The second-order valence-corrected chi connectivity index (χ2v) is 3.62. The number of carbonyl (C=O) groups is 1. The number of halogens is 1. The van der Waals surface area contributed by atoms with Crippen molar-refractivity contribution in [1.82, 2.24) is 9.88 Å². The minimum atomic E-state index is -0.366. The Morgan fingerprint density at radius 3 is 2.82 bits per heavy atom. The Kier molecular flexibility index (Phi) is 5.56. The van der Waals surface area contributed by atoms with Crippen molar-refractivity contribution < 1.29 is 13.9 Å². The third-order valence-electron chi connectivity index (χ3n) is 2.27. The summed E-state index contributed by atoms with van der Waals surface area (Å²) in [6.07, 6.45) is 2.75. The molecular formula is C12H17FN2O2. The number of pyridine rings is 1. The van der Waals surface area contributed by atoms with Crippen molar-refractivity contribution in [2.24, 2.45) is 0 Å². The van der Waals surface area contributed by atoms with Crippen LogP contribution >= 0.6 is 0 Å². The van der Waals surface area contributed by atoms with Gasteiger partial charge in [-0.1, -0.05) is 6.92 Å². The Bertz CT molecular complexity index is 371. The van der Waals surface area contributed by atoms with Crippen LogP contribution in [0.1, 0.15) is 19.4 Å². The van der Waals surface area contributed by atoms with Gasteiger partial charge >= 0.3 is 5.97 Å². The van der Waals surface area contributed by atoms with Crippen LogP contribution in [0.2, 0.25) is 0 Å². The van der Waals surface area contributed by atoms with Crippen LogP contribution in [0, 0.1) is 5.82 Å². The van der Waals surface area contributed by atoms with Gasteiger partial charge in [0.15, 0.2) is 0 Å². The molecular weight excluding hydrogens is 223 g/mol. The Labute approximate surface area is 100 Å². The summed E-state index contributed by atoms with van der Waals surface area (Å²) in [5.41, 5.74) is 0.746. The van der Waals surface area contributed by atoms with E-state index in [1.54, 1.807) is 13.1 Å². The largest absolute Gasteiger partial charge is 0.465 e. The highest BCUT2D eigenvalue weighted by Crippen LogP contribution is 2.05. The normalized spacial score (nSPS) is 10.6. The van der Waals surface area contributed by atoms with E-state index in [2.05, 4.69) is 4.98 Å². The number of carbonyl (C=O) groups excluding carboxylic acids is 1. The van der Waals surface area contributed by atoms with Gasteiger partial charge in [0.1, 0.15) is 5.82 Å². The summed E-state index contributed by atoms with van der Waals surface area (Å²) in [5, 5.41) is 0. The van der Waals surface area contributed by atoms with Crippen LogP contribution in [0.15, 0.2) is 18.5 Å². The fourth-order valence-electron chi connectivity index (χ4n) is 1.47. The first-order valence-electron chi connectivity index (χ1n) is 5.63. The molecule has 0 aliphatic heterocycles. The van der Waals surface area contributed by atoms with E-state index in [-0.39, 0.29) is 18.3 Å². The van der Waals surface area contributed by atoms with Gasteiger partial charge in [0.25, 0.3) is 0 Å². The number of hydrogen-bond donors (Lipinski definition) is 0. The summed E-state index contributed by atoms with van der Waals surface area (Å²) in [6.45, 7) is 5.46. The molecule has 0 unspecified atom stereocenters. The molecule has 1 rings (SSSR count). The van der Waals surface area contributed by atoms with E-state index in [1.807, 2.05) is 11.8 Å². The van der Waals surface area contributed by atoms with Crippen molar-refractivity contribution in [1.29, 1.82) is 0 Å². The maximum atomic E-state index is 12.9. The lowest BCUT2D eigenvalue weighted by atomic mass is 10.2. The minimum Gasteiger partial charge on any atom is -0.465 e. The predicted molar refractivity (Wildman–Crippen MR) is 61.8 cm³/mol. The summed E-state index contributed by atoms with van der Waals surface area (Å²) in [7, 11) is 0. The molecule has 0 aromatic carbocycles. The minimum absolute atomic E-state index is 0.209. The van der Waals surface area contributed by atoms with Gasteiger partial charge in [0.2, 0.25) is 0 Å². The monoisotopic (exact) mass is 240 g/mol. The number of aromatic nitrogens is 1. The standard InChI is InChI=1S/C12H17FN2O2/c1-3-15(9-12(16)17-4-2)8-10-5-11(13)7-14-6-10/h5-7H,3-4,8-9H2,1-2H3. The van der Waals surface area contributed by atoms with E-state index in [1.165, 1.54) is 6.07 Å². The number of rotatable bonds is 6. The first kappa shape index (κ1) is 13.6. The maximum absolute atomic E-state index is 12.9. The SMILES string of the molecule is CCOC(=O)CN(CC)Cc1cncc(F)c1. The Morgan fingerprint density at radius 2 is 2.24 bits per heavy atom. The fourth-order valence-corrected chi connectivity index (χ4v) is 1.47. The van der Waals surface area contributed by atoms with Gasteiger partial charge in [0, 0.05) is 12.7 Å². The van der Waals surface area contributed by atoms with Gasteiger partial charge in [-0.05, 0) is 25.1 Å². The molecule has 1 heterocycles. The molecule has 17 heavy (non-hydrogen) atoms. The molecule has 0 aliphatic carbocycles. The Balaban J connectivity index is 2.54. The topological polar surface area (TPSA) is 42.4 Å². The van der Waals surface area contributed by atoms with Crippen molar-refractivity contribution in [2.75, 3.05) is 19.7 Å². The molecule has 1 aromatic heterocycles. The smallest absolute Gasteiger partial charge is 0.320 e. The first-order valence-corrected chi connectivity index (χ1v) is 5.63. The van der Waals surface area contributed by atoms with E-state index < -0.39 is 0 Å². The number of hydrogen-bond acceptors (Lipinski definition) is 4. The summed E-state index contributed by atoms with van der Waals surface area (Å²) in [4.78, 5) is 17.0. The third kappa shape index (κ3) is 4.91. The van der Waals surface area contributed by atoms with E-state index in [4.69, 9.17) is 4.74 Å². The maximum Gasteiger partial charge on any atom is 0.320 e. The molecule has 0 amide bonds. The van der Waals surface area contributed by atoms with Crippen LogP contribution < -0.4 is 0 Å². The van der Waals surface area contributed by atoms with Crippen molar-refractivity contribution in [3.05, 3.63) is 29.8 Å². The number of nitrogens with zero attached hydrogens (tertiary/aromatic N) is 2. The lowest BCUT2D eigenvalue weighted by molar-refractivity contribution is -0.144. The molecule has 0 atom stereocenters. The van der Waals surface area contributed by atoms with Crippen LogP contribution in [-0.2, 0) is 16.1 Å². The number of ether oxygens (including phenoxy) is 1. The predicted octanol–water partition coefficient (Wildman–Crippen LogP) is 1.61. The zero-order chi connectivity index (χ0) is 12.7. The Hall–Kier alpha value is -1.49. The second kappa shape index (κ2) is 6.96. The highest BCUT2D eigenvalue weighted by atomic mass is 19.1. The lowest BCUT2D eigenvalue weighted by Crippen LogP contribution is -2.30. The molecule has 1 aromatic rings.